The molecule has 84 valence electrons. The van der Waals surface area contributed by atoms with E-state index < -0.39 is 6.43 Å². The highest BCUT2D eigenvalue weighted by Crippen LogP contribution is 2.26. The van der Waals surface area contributed by atoms with Gasteiger partial charge in [-0.2, -0.15) is 5.10 Å². The largest absolute Gasteiger partial charge is 0.280 e. The molecule has 3 nitrogen and oxygen atoms in total. The van der Waals surface area contributed by atoms with Gasteiger partial charge < -0.3 is 0 Å². The van der Waals surface area contributed by atoms with Crippen LogP contribution in [0.4, 0.5) is 8.78 Å². The summed E-state index contributed by atoms with van der Waals surface area (Å²) in [4.78, 5) is 3.99. The molecule has 6 heteroatoms. The van der Waals surface area contributed by atoms with Crippen LogP contribution in [0.15, 0.2) is 30.6 Å². The lowest BCUT2D eigenvalue weighted by Gasteiger charge is -2.06. The van der Waals surface area contributed by atoms with E-state index in [1.165, 1.54) is 10.9 Å². The molecule has 16 heavy (non-hydrogen) atoms. The summed E-state index contributed by atoms with van der Waals surface area (Å²) in [6.45, 7) is 0. The number of aromatic nitrogens is 3. The van der Waals surface area contributed by atoms with Crippen molar-refractivity contribution in [3.05, 3.63) is 41.9 Å². The van der Waals surface area contributed by atoms with Crippen LogP contribution in [0.2, 0.25) is 0 Å². The van der Waals surface area contributed by atoms with Gasteiger partial charge in [0, 0.05) is 17.1 Å². The van der Waals surface area contributed by atoms with E-state index in [9.17, 15) is 8.78 Å². The fourth-order valence-electron chi connectivity index (χ4n) is 1.39. The van der Waals surface area contributed by atoms with Gasteiger partial charge in [-0.1, -0.05) is 22.0 Å². The second kappa shape index (κ2) is 4.69. The van der Waals surface area contributed by atoms with Gasteiger partial charge in [0.25, 0.3) is 6.43 Å². The average molecular weight is 288 g/mol. The Morgan fingerprint density at radius 1 is 1.38 bits per heavy atom. The first-order valence-corrected chi connectivity index (χ1v) is 5.68. The molecule has 0 unspecified atom stereocenters. The van der Waals surface area contributed by atoms with E-state index in [4.69, 9.17) is 0 Å². The van der Waals surface area contributed by atoms with Crippen LogP contribution < -0.4 is 0 Å². The van der Waals surface area contributed by atoms with Gasteiger partial charge in [-0.25, -0.2) is 18.4 Å². The Kier molecular flexibility index (Phi) is 3.28. The molecule has 0 saturated heterocycles. The van der Waals surface area contributed by atoms with Crippen LogP contribution in [-0.4, -0.2) is 14.8 Å². The van der Waals surface area contributed by atoms with Crippen LogP contribution in [0.3, 0.4) is 0 Å². The highest BCUT2D eigenvalue weighted by Gasteiger charge is 2.20. The summed E-state index contributed by atoms with van der Waals surface area (Å²) in [5, 5.41) is 4.27. The third-order valence-electron chi connectivity index (χ3n) is 2.10. The zero-order chi connectivity index (χ0) is 11.5. The Morgan fingerprint density at radius 2 is 2.19 bits per heavy atom. The molecule has 0 fully saturated rings. The molecule has 2 aromatic rings. The first-order valence-electron chi connectivity index (χ1n) is 4.56. The number of halogens is 3. The minimum atomic E-state index is -2.57. The molecule has 2 aromatic heterocycles. The number of hydrogen-bond acceptors (Lipinski definition) is 2. The topological polar surface area (TPSA) is 30.7 Å². The second-order valence-electron chi connectivity index (χ2n) is 3.09. The molecule has 0 bridgehead atoms. The SMILES string of the molecule is FC(F)c1c(CBr)cnn1-c1ccccn1. The summed E-state index contributed by atoms with van der Waals surface area (Å²) in [7, 11) is 0. The first-order chi connectivity index (χ1) is 7.74. The van der Waals surface area contributed by atoms with E-state index in [-0.39, 0.29) is 5.69 Å². The second-order valence-corrected chi connectivity index (χ2v) is 3.65. The maximum absolute atomic E-state index is 12.9. The van der Waals surface area contributed by atoms with Crippen molar-refractivity contribution in [2.24, 2.45) is 0 Å². The summed E-state index contributed by atoms with van der Waals surface area (Å²) in [6, 6.07) is 5.09. The molecule has 0 aliphatic rings. The molecule has 2 rings (SSSR count). The van der Waals surface area contributed by atoms with Crippen molar-refractivity contribution in [2.45, 2.75) is 11.8 Å². The van der Waals surface area contributed by atoms with Crippen molar-refractivity contribution in [1.29, 1.82) is 0 Å². The minimum absolute atomic E-state index is 0.115. The van der Waals surface area contributed by atoms with Crippen LogP contribution in [0.1, 0.15) is 17.7 Å². The lowest BCUT2D eigenvalue weighted by molar-refractivity contribution is 0.142. The van der Waals surface area contributed by atoms with Crippen LogP contribution in [0.25, 0.3) is 5.82 Å². The summed E-state index contributed by atoms with van der Waals surface area (Å²) in [5.41, 5.74) is 0.358. The minimum Gasteiger partial charge on any atom is -0.237 e. The van der Waals surface area contributed by atoms with Crippen LogP contribution in [0.5, 0.6) is 0 Å². The summed E-state index contributed by atoms with van der Waals surface area (Å²) < 4.78 is 26.9. The number of nitrogens with zero attached hydrogens (tertiary/aromatic N) is 3. The monoisotopic (exact) mass is 287 g/mol. The first kappa shape index (κ1) is 11.2. The van der Waals surface area contributed by atoms with Gasteiger partial charge >= 0.3 is 0 Å². The van der Waals surface area contributed by atoms with Crippen LogP contribution in [0, 0.1) is 0 Å². The predicted molar refractivity (Wildman–Crippen MR) is 58.9 cm³/mol. The molecule has 2 heterocycles. The lowest BCUT2D eigenvalue weighted by Crippen LogP contribution is -2.05. The molecular weight excluding hydrogens is 280 g/mol. The molecule has 0 amide bonds. The maximum Gasteiger partial charge on any atom is 0.280 e. The summed E-state index contributed by atoms with van der Waals surface area (Å²) in [5.74, 6) is 0.394. The van der Waals surface area contributed by atoms with Gasteiger partial charge in [0.1, 0.15) is 5.69 Å². The standard InChI is InChI=1S/C10H8BrF2N3/c11-5-7-6-15-16(9(7)10(12)13)8-3-1-2-4-14-8/h1-4,6,10H,5H2. The van der Waals surface area contributed by atoms with E-state index in [2.05, 4.69) is 26.0 Å². The lowest BCUT2D eigenvalue weighted by atomic mass is 10.3. The van der Waals surface area contributed by atoms with Crippen molar-refractivity contribution in [1.82, 2.24) is 14.8 Å². The molecule has 0 aliphatic heterocycles. The highest BCUT2D eigenvalue weighted by atomic mass is 79.9. The van der Waals surface area contributed by atoms with E-state index in [0.29, 0.717) is 16.7 Å². The fraction of sp³-hybridized carbons (Fsp3) is 0.200. The number of hydrogen-bond donors (Lipinski definition) is 0. The van der Waals surface area contributed by atoms with Crippen molar-refractivity contribution >= 4 is 15.9 Å². The Bertz CT molecular complexity index is 470. The predicted octanol–water partition coefficient (Wildman–Crippen LogP) is 3.10. The molecule has 0 radical (unpaired) electrons. The fourth-order valence-corrected chi connectivity index (χ4v) is 1.82. The molecule has 0 aliphatic carbocycles. The molecular formula is C10H8BrF2N3. The zero-order valence-electron chi connectivity index (χ0n) is 8.15. The van der Waals surface area contributed by atoms with E-state index >= 15 is 0 Å². The zero-order valence-corrected chi connectivity index (χ0v) is 9.73. The number of alkyl halides is 3. The van der Waals surface area contributed by atoms with Crippen LogP contribution >= 0.6 is 15.9 Å². The molecule has 0 spiro atoms. The van der Waals surface area contributed by atoms with Crippen molar-refractivity contribution < 1.29 is 8.78 Å². The quantitative estimate of drug-likeness (QED) is 0.812. The van der Waals surface area contributed by atoms with E-state index in [1.807, 2.05) is 0 Å². The van der Waals surface area contributed by atoms with Crippen molar-refractivity contribution in [3.63, 3.8) is 0 Å². The third-order valence-corrected chi connectivity index (χ3v) is 2.71. The van der Waals surface area contributed by atoms with Gasteiger partial charge in [0.2, 0.25) is 0 Å². The van der Waals surface area contributed by atoms with E-state index in [1.54, 1.807) is 24.4 Å². The number of pyridine rings is 1. The van der Waals surface area contributed by atoms with Crippen molar-refractivity contribution in [2.75, 3.05) is 0 Å². The van der Waals surface area contributed by atoms with Gasteiger partial charge in [0.05, 0.1) is 6.20 Å². The van der Waals surface area contributed by atoms with Crippen molar-refractivity contribution in [3.8, 4) is 5.82 Å². The smallest absolute Gasteiger partial charge is 0.237 e. The highest BCUT2D eigenvalue weighted by molar-refractivity contribution is 9.08. The van der Waals surface area contributed by atoms with Gasteiger partial charge in [-0.3, -0.25) is 0 Å². The summed E-state index contributed by atoms with van der Waals surface area (Å²) in [6.07, 6.45) is 0.391. The summed E-state index contributed by atoms with van der Waals surface area (Å²) >= 11 is 3.16. The molecule has 0 N–H and O–H groups in total. The maximum atomic E-state index is 12.9. The van der Waals surface area contributed by atoms with Gasteiger partial charge in [-0.05, 0) is 12.1 Å². The Morgan fingerprint density at radius 3 is 2.75 bits per heavy atom. The Balaban J connectivity index is 2.53. The molecule has 0 atom stereocenters. The third kappa shape index (κ3) is 1.97. The Labute approximate surface area is 99.2 Å². The van der Waals surface area contributed by atoms with Gasteiger partial charge in [-0.15, -0.1) is 0 Å². The average Bonchev–Trinajstić information content (AvgIpc) is 2.73. The van der Waals surface area contributed by atoms with Crippen LogP contribution in [-0.2, 0) is 5.33 Å². The Hall–Kier alpha value is -1.30. The number of rotatable bonds is 3. The van der Waals surface area contributed by atoms with E-state index in [0.717, 1.165) is 0 Å². The molecule has 0 aromatic carbocycles. The van der Waals surface area contributed by atoms with Gasteiger partial charge in [0.15, 0.2) is 5.82 Å². The normalized spacial score (nSPS) is 11.0. The molecule has 0 saturated carbocycles.